The molecule has 0 radical (unpaired) electrons. The number of hydrogen-bond acceptors (Lipinski definition) is 8. The van der Waals surface area contributed by atoms with Gasteiger partial charge in [-0.25, -0.2) is 35.9 Å². The SMILES string of the molecule is COc1cccc(CS(=O)(=O)NC(=O)Nc2c3c(cc4c2CC(C2CCc5cc6c(c(NC(=O)NS(=O)(=O)Cc7ccc(C#N)cc7)c52)CCC6)C4)CCC3)c1. The number of nitrogens with zero attached hydrogens (tertiary/aromatic N) is 1. The van der Waals surface area contributed by atoms with Gasteiger partial charge in [-0.15, -0.1) is 0 Å². The number of rotatable bonds is 10. The van der Waals surface area contributed by atoms with Gasteiger partial charge in [0.1, 0.15) is 5.75 Å². The Bertz CT molecular complexity index is 2530. The first-order valence-electron chi connectivity index (χ1n) is 19.0. The number of anilines is 2. The van der Waals surface area contributed by atoms with Gasteiger partial charge in [-0.1, -0.05) is 36.4 Å². The van der Waals surface area contributed by atoms with Crippen LogP contribution in [0.15, 0.2) is 60.7 Å². The summed E-state index contributed by atoms with van der Waals surface area (Å²) in [4.78, 5) is 26.9. The molecular weight excluding hydrogens is 751 g/mol. The zero-order valence-electron chi connectivity index (χ0n) is 31.0. The zero-order valence-corrected chi connectivity index (χ0v) is 32.7. The van der Waals surface area contributed by atoms with Gasteiger partial charge < -0.3 is 15.4 Å². The number of amides is 4. The van der Waals surface area contributed by atoms with Crippen LogP contribution < -0.4 is 24.8 Å². The number of carbonyl (C=O) groups excluding carboxylic acids is 2. The summed E-state index contributed by atoms with van der Waals surface area (Å²) in [6, 6.07) is 17.8. The van der Waals surface area contributed by atoms with Crippen LogP contribution in [0.3, 0.4) is 0 Å². The van der Waals surface area contributed by atoms with E-state index in [1.165, 1.54) is 23.8 Å². The minimum atomic E-state index is -4.04. The lowest BCUT2D eigenvalue weighted by molar-refractivity contribution is 0.255. The van der Waals surface area contributed by atoms with Gasteiger partial charge in [0.15, 0.2) is 0 Å². The maximum atomic E-state index is 13.5. The Balaban J connectivity index is 1.02. The lowest BCUT2D eigenvalue weighted by atomic mass is 9.83. The van der Waals surface area contributed by atoms with Crippen LogP contribution in [-0.4, -0.2) is 36.0 Å². The summed E-state index contributed by atoms with van der Waals surface area (Å²) >= 11 is 0. The number of carbonyl (C=O) groups is 2. The molecule has 0 heterocycles. The van der Waals surface area contributed by atoms with Crippen molar-refractivity contribution in [3.8, 4) is 11.8 Å². The Hall–Kier alpha value is -5.39. The molecule has 0 fully saturated rings. The highest BCUT2D eigenvalue weighted by Gasteiger charge is 2.40. The second-order valence-electron chi connectivity index (χ2n) is 15.3. The Kier molecular flexibility index (Phi) is 10.0. The van der Waals surface area contributed by atoms with Crippen LogP contribution in [0.1, 0.15) is 86.4 Å². The van der Waals surface area contributed by atoms with Crippen LogP contribution in [0.4, 0.5) is 21.0 Å². The van der Waals surface area contributed by atoms with Gasteiger partial charge >= 0.3 is 12.1 Å². The van der Waals surface area contributed by atoms with Gasteiger partial charge in [0.25, 0.3) is 0 Å². The normalized spacial score (nSPS) is 17.9. The molecule has 14 heteroatoms. The molecule has 4 aliphatic rings. The minimum Gasteiger partial charge on any atom is -0.497 e. The summed E-state index contributed by atoms with van der Waals surface area (Å²) in [6.07, 6.45) is 8.38. The average Bonchev–Trinajstić information content (AvgIpc) is 3.97. The zero-order chi connectivity index (χ0) is 39.2. The third-order valence-electron chi connectivity index (χ3n) is 11.6. The highest BCUT2D eigenvalue weighted by atomic mass is 32.2. The number of nitriles is 1. The van der Waals surface area contributed by atoms with Crippen molar-refractivity contribution in [1.82, 2.24) is 9.44 Å². The Morgan fingerprint density at radius 2 is 1.34 bits per heavy atom. The lowest BCUT2D eigenvalue weighted by Gasteiger charge is -2.24. The highest BCUT2D eigenvalue weighted by Crippen LogP contribution is 2.51. The molecule has 8 rings (SSSR count). The summed E-state index contributed by atoms with van der Waals surface area (Å²) < 4.78 is 62.0. The fourth-order valence-corrected chi connectivity index (χ4v) is 11.4. The molecule has 56 heavy (non-hydrogen) atoms. The maximum Gasteiger partial charge on any atom is 0.332 e. The Labute approximate surface area is 327 Å². The number of urea groups is 2. The fraction of sp³-hybridized carbons (Fsp3) is 0.357. The highest BCUT2D eigenvalue weighted by molar-refractivity contribution is 7.89. The average molecular weight is 794 g/mol. The molecule has 4 aromatic rings. The van der Waals surface area contributed by atoms with Crippen LogP contribution in [0.25, 0.3) is 0 Å². The molecule has 0 aliphatic heterocycles. The molecule has 4 N–H and O–H groups in total. The number of ether oxygens (including phenoxy) is 1. The summed E-state index contributed by atoms with van der Waals surface area (Å²) in [5, 5.41) is 15.0. The Morgan fingerprint density at radius 3 is 2.00 bits per heavy atom. The van der Waals surface area contributed by atoms with E-state index in [0.29, 0.717) is 40.2 Å². The third kappa shape index (κ3) is 7.70. The first-order valence-corrected chi connectivity index (χ1v) is 22.3. The van der Waals surface area contributed by atoms with Gasteiger partial charge in [-0.05, 0) is 156 Å². The van der Waals surface area contributed by atoms with E-state index >= 15 is 0 Å². The van der Waals surface area contributed by atoms with Crippen molar-refractivity contribution in [2.75, 3.05) is 17.7 Å². The number of benzene rings is 4. The van der Waals surface area contributed by atoms with E-state index in [0.717, 1.165) is 85.6 Å². The van der Waals surface area contributed by atoms with E-state index in [4.69, 9.17) is 10.00 Å². The molecule has 0 bridgehead atoms. The number of aryl methyl sites for hydroxylation is 3. The largest absolute Gasteiger partial charge is 0.497 e. The number of sulfonamides is 2. The van der Waals surface area contributed by atoms with Gasteiger partial charge in [0, 0.05) is 11.4 Å². The molecule has 4 aromatic carbocycles. The topological polar surface area (TPSA) is 184 Å². The van der Waals surface area contributed by atoms with Crippen molar-refractivity contribution in [1.29, 1.82) is 5.26 Å². The molecule has 4 amide bonds. The van der Waals surface area contributed by atoms with Crippen molar-refractivity contribution in [3.63, 3.8) is 0 Å². The van der Waals surface area contributed by atoms with Crippen LogP contribution in [0.2, 0.25) is 0 Å². The first-order chi connectivity index (χ1) is 26.9. The van der Waals surface area contributed by atoms with E-state index < -0.39 is 37.9 Å². The lowest BCUT2D eigenvalue weighted by Crippen LogP contribution is -2.36. The standard InChI is InChI=1S/C42H43N5O7S2/c1-54-33-8-2-5-27(17-33)24-56(52,53)46-41(48)44-39-35-9-3-7-29(35)19-31-20-32(21-37(31)39)34-16-15-30-18-28-6-4-10-36(28)40(38(30)34)45-42(49)47-55(50,51)23-26-13-11-25(22-43)12-14-26/h2,5,8,11-14,17-19,32,34H,3-4,6-7,9-10,15-16,20-21,23-24H2,1H3,(H2,44,46,48)(H2,45,47,49). The van der Waals surface area contributed by atoms with Crippen LogP contribution in [0.5, 0.6) is 5.75 Å². The summed E-state index contributed by atoms with van der Waals surface area (Å²) in [5.41, 5.74) is 11.6. The molecule has 290 valence electrons. The number of hydrogen-bond donors (Lipinski definition) is 4. The summed E-state index contributed by atoms with van der Waals surface area (Å²) in [7, 11) is -6.56. The van der Waals surface area contributed by atoms with E-state index in [1.807, 2.05) is 6.07 Å². The van der Waals surface area contributed by atoms with Crippen molar-refractivity contribution in [2.45, 2.75) is 81.6 Å². The van der Waals surface area contributed by atoms with Crippen LogP contribution >= 0.6 is 0 Å². The number of methoxy groups -OCH3 is 1. The summed E-state index contributed by atoms with van der Waals surface area (Å²) in [5.74, 6) is -0.0397. The van der Waals surface area contributed by atoms with Crippen molar-refractivity contribution >= 4 is 43.5 Å². The molecule has 12 nitrogen and oxygen atoms in total. The maximum absolute atomic E-state index is 13.5. The van der Waals surface area contributed by atoms with Gasteiger partial charge in [0.2, 0.25) is 20.0 Å². The van der Waals surface area contributed by atoms with Crippen molar-refractivity contribution < 1.29 is 31.2 Å². The number of fused-ring (bicyclic) bond motifs is 4. The van der Waals surface area contributed by atoms with E-state index in [9.17, 15) is 26.4 Å². The van der Waals surface area contributed by atoms with Gasteiger partial charge in [0.05, 0.1) is 30.2 Å². The molecule has 4 aliphatic carbocycles. The van der Waals surface area contributed by atoms with E-state index in [1.54, 1.807) is 48.5 Å². The smallest absolute Gasteiger partial charge is 0.332 e. The molecule has 0 saturated heterocycles. The van der Waals surface area contributed by atoms with Crippen molar-refractivity contribution in [3.05, 3.63) is 122 Å². The van der Waals surface area contributed by atoms with Crippen LogP contribution in [-0.2, 0) is 76.5 Å². The van der Waals surface area contributed by atoms with E-state index in [-0.39, 0.29) is 17.6 Å². The predicted molar refractivity (Wildman–Crippen MR) is 213 cm³/mol. The second kappa shape index (κ2) is 14.9. The van der Waals surface area contributed by atoms with Crippen LogP contribution in [0, 0.1) is 17.2 Å². The van der Waals surface area contributed by atoms with Gasteiger partial charge in [-0.3, -0.25) is 0 Å². The fourth-order valence-electron chi connectivity index (χ4n) is 9.35. The monoisotopic (exact) mass is 793 g/mol. The molecule has 2 unspecified atom stereocenters. The molecule has 0 saturated carbocycles. The third-order valence-corrected chi connectivity index (χ3v) is 14.1. The molecule has 0 aromatic heterocycles. The number of nitrogens with one attached hydrogen (secondary N) is 4. The minimum absolute atomic E-state index is 0.0774. The molecule has 2 atom stereocenters. The van der Waals surface area contributed by atoms with Crippen molar-refractivity contribution in [2.24, 2.45) is 5.92 Å². The second-order valence-corrected chi connectivity index (χ2v) is 18.7. The quantitative estimate of drug-likeness (QED) is 0.144. The predicted octanol–water partition coefficient (Wildman–Crippen LogP) is 6.29. The Morgan fingerprint density at radius 1 is 0.714 bits per heavy atom. The van der Waals surface area contributed by atoms with E-state index in [2.05, 4.69) is 32.2 Å². The summed E-state index contributed by atoms with van der Waals surface area (Å²) in [6.45, 7) is 0. The molecular formula is C42H43N5O7S2. The van der Waals surface area contributed by atoms with Gasteiger partial charge in [-0.2, -0.15) is 5.26 Å². The first kappa shape index (κ1) is 37.5. The molecule has 0 spiro atoms.